The van der Waals surface area contributed by atoms with Gasteiger partial charge in [-0.05, 0) is 30.3 Å². The van der Waals surface area contributed by atoms with Crippen molar-refractivity contribution < 1.29 is 0 Å². The summed E-state index contributed by atoms with van der Waals surface area (Å²) in [6.07, 6.45) is 5.65. The topological polar surface area (TPSA) is 46.9 Å². The molecule has 0 saturated carbocycles. The first-order valence-electron chi connectivity index (χ1n) is 6.18. The van der Waals surface area contributed by atoms with Crippen molar-refractivity contribution in [3.05, 3.63) is 22.7 Å². The molecule has 1 N–H and O–H groups in total. The first-order valence-corrected chi connectivity index (χ1v) is 7.33. The fraction of sp³-hybridized carbons (Fsp3) is 0.667. The van der Waals surface area contributed by atoms with Crippen LogP contribution < -0.4 is 10.9 Å². The van der Waals surface area contributed by atoms with Crippen LogP contribution in [0.15, 0.2) is 17.2 Å². The van der Waals surface area contributed by atoms with Crippen molar-refractivity contribution in [1.82, 2.24) is 9.55 Å². The fourth-order valence-corrected chi connectivity index (χ4v) is 3.26. The summed E-state index contributed by atoms with van der Waals surface area (Å²) >= 11 is 1.99. The van der Waals surface area contributed by atoms with Crippen LogP contribution in [0.2, 0.25) is 0 Å². The van der Waals surface area contributed by atoms with Gasteiger partial charge in [0.15, 0.2) is 5.82 Å². The Bertz CT molecular complexity index is 412. The number of anilines is 1. The summed E-state index contributed by atoms with van der Waals surface area (Å²) in [5, 5.41) is 3.20. The lowest BCUT2D eigenvalue weighted by Gasteiger charge is -2.11. The highest BCUT2D eigenvalue weighted by molar-refractivity contribution is 7.99. The Labute approximate surface area is 106 Å². The van der Waals surface area contributed by atoms with E-state index in [0.717, 1.165) is 19.5 Å². The lowest BCUT2D eigenvalue weighted by molar-refractivity contribution is 0.622. The van der Waals surface area contributed by atoms with Crippen LogP contribution in [0.4, 0.5) is 5.82 Å². The quantitative estimate of drug-likeness (QED) is 0.869. The van der Waals surface area contributed by atoms with Crippen molar-refractivity contribution >= 4 is 17.6 Å². The number of rotatable bonds is 5. The molecule has 1 aliphatic heterocycles. The van der Waals surface area contributed by atoms with Gasteiger partial charge in [0.25, 0.3) is 5.56 Å². The number of thioether (sulfide) groups is 1. The van der Waals surface area contributed by atoms with Gasteiger partial charge in [-0.1, -0.05) is 6.92 Å². The lowest BCUT2D eigenvalue weighted by Crippen LogP contribution is -2.26. The number of aryl methyl sites for hydroxylation is 1. The summed E-state index contributed by atoms with van der Waals surface area (Å²) < 4.78 is 1.72. The molecule has 1 unspecified atom stereocenters. The molecule has 17 heavy (non-hydrogen) atoms. The molecule has 1 fully saturated rings. The summed E-state index contributed by atoms with van der Waals surface area (Å²) in [4.78, 5) is 16.1. The van der Waals surface area contributed by atoms with Crippen LogP contribution in [-0.4, -0.2) is 27.6 Å². The van der Waals surface area contributed by atoms with E-state index < -0.39 is 0 Å². The highest BCUT2D eigenvalue weighted by atomic mass is 32.2. The molecule has 1 aromatic rings. The zero-order chi connectivity index (χ0) is 12.1. The van der Waals surface area contributed by atoms with Gasteiger partial charge in [0.2, 0.25) is 0 Å². The SMILES string of the molecule is CCCn1ccnc(NCC2CCSC2)c1=O. The van der Waals surface area contributed by atoms with E-state index in [9.17, 15) is 4.79 Å². The number of aromatic nitrogens is 2. The van der Waals surface area contributed by atoms with E-state index >= 15 is 0 Å². The third-order valence-electron chi connectivity index (χ3n) is 2.96. The van der Waals surface area contributed by atoms with Gasteiger partial charge in [-0.2, -0.15) is 11.8 Å². The summed E-state index contributed by atoms with van der Waals surface area (Å²) in [7, 11) is 0. The van der Waals surface area contributed by atoms with Crippen LogP contribution in [0.3, 0.4) is 0 Å². The molecule has 0 amide bonds. The van der Waals surface area contributed by atoms with E-state index in [1.54, 1.807) is 17.0 Å². The van der Waals surface area contributed by atoms with Crippen LogP contribution >= 0.6 is 11.8 Å². The van der Waals surface area contributed by atoms with Gasteiger partial charge >= 0.3 is 0 Å². The zero-order valence-corrected chi connectivity index (χ0v) is 11.0. The van der Waals surface area contributed by atoms with Crippen molar-refractivity contribution in [2.45, 2.75) is 26.3 Å². The molecule has 0 aromatic carbocycles. The molecule has 5 heteroatoms. The minimum absolute atomic E-state index is 0.000000000000000222. The van der Waals surface area contributed by atoms with Crippen molar-refractivity contribution in [3.63, 3.8) is 0 Å². The van der Waals surface area contributed by atoms with Crippen LogP contribution in [-0.2, 0) is 6.54 Å². The van der Waals surface area contributed by atoms with E-state index in [0.29, 0.717) is 11.7 Å². The Morgan fingerprint density at radius 1 is 1.65 bits per heavy atom. The predicted molar refractivity (Wildman–Crippen MR) is 72.7 cm³/mol. The second-order valence-electron chi connectivity index (χ2n) is 4.38. The van der Waals surface area contributed by atoms with Gasteiger partial charge in [-0.3, -0.25) is 4.79 Å². The number of nitrogens with one attached hydrogen (secondary N) is 1. The molecule has 1 saturated heterocycles. The van der Waals surface area contributed by atoms with Gasteiger partial charge in [-0.25, -0.2) is 4.98 Å². The molecule has 0 radical (unpaired) electrons. The molecule has 1 aromatic heterocycles. The highest BCUT2D eigenvalue weighted by Gasteiger charge is 2.15. The Morgan fingerprint density at radius 2 is 2.53 bits per heavy atom. The summed E-state index contributed by atoms with van der Waals surface area (Å²) in [5.41, 5.74) is 0.000000000000000222. The Morgan fingerprint density at radius 3 is 3.24 bits per heavy atom. The summed E-state index contributed by atoms with van der Waals surface area (Å²) in [5.74, 6) is 3.62. The van der Waals surface area contributed by atoms with Gasteiger partial charge in [0.1, 0.15) is 0 Å². The second kappa shape index (κ2) is 6.10. The third-order valence-corrected chi connectivity index (χ3v) is 4.19. The Balaban J connectivity index is 1.99. The predicted octanol–water partition coefficient (Wildman–Crippen LogP) is 1.82. The Hall–Kier alpha value is -0.970. The maximum atomic E-state index is 12.0. The van der Waals surface area contributed by atoms with Crippen LogP contribution in [0.5, 0.6) is 0 Å². The van der Waals surface area contributed by atoms with Crippen molar-refractivity contribution in [2.75, 3.05) is 23.4 Å². The number of hydrogen-bond acceptors (Lipinski definition) is 4. The summed E-state index contributed by atoms with van der Waals surface area (Å²) in [6.45, 7) is 3.69. The zero-order valence-electron chi connectivity index (χ0n) is 10.2. The molecule has 0 spiro atoms. The van der Waals surface area contributed by atoms with Crippen molar-refractivity contribution in [2.24, 2.45) is 5.92 Å². The van der Waals surface area contributed by atoms with E-state index in [4.69, 9.17) is 0 Å². The molecular weight excluding hydrogens is 234 g/mol. The Kier molecular flexibility index (Phi) is 4.48. The molecule has 2 heterocycles. The van der Waals surface area contributed by atoms with Crippen molar-refractivity contribution in [1.29, 1.82) is 0 Å². The van der Waals surface area contributed by atoms with E-state index in [2.05, 4.69) is 17.2 Å². The average Bonchev–Trinajstić information content (AvgIpc) is 2.83. The molecule has 2 rings (SSSR count). The van der Waals surface area contributed by atoms with Crippen LogP contribution in [0, 0.1) is 5.92 Å². The highest BCUT2D eigenvalue weighted by Crippen LogP contribution is 2.23. The van der Waals surface area contributed by atoms with Crippen molar-refractivity contribution in [3.8, 4) is 0 Å². The number of nitrogens with zero attached hydrogens (tertiary/aromatic N) is 2. The first-order chi connectivity index (χ1) is 8.31. The monoisotopic (exact) mass is 253 g/mol. The fourth-order valence-electron chi connectivity index (χ4n) is 1.97. The van der Waals surface area contributed by atoms with E-state index in [1.165, 1.54) is 17.9 Å². The average molecular weight is 253 g/mol. The molecule has 4 nitrogen and oxygen atoms in total. The second-order valence-corrected chi connectivity index (χ2v) is 5.53. The maximum absolute atomic E-state index is 12.0. The van der Waals surface area contributed by atoms with Crippen LogP contribution in [0.25, 0.3) is 0 Å². The third kappa shape index (κ3) is 3.25. The van der Waals surface area contributed by atoms with Gasteiger partial charge in [0, 0.05) is 25.5 Å². The summed E-state index contributed by atoms with van der Waals surface area (Å²) in [6, 6.07) is 0. The van der Waals surface area contributed by atoms with E-state index in [1.807, 2.05) is 11.8 Å². The van der Waals surface area contributed by atoms with Gasteiger partial charge in [0.05, 0.1) is 0 Å². The minimum Gasteiger partial charge on any atom is -0.365 e. The van der Waals surface area contributed by atoms with Crippen LogP contribution in [0.1, 0.15) is 19.8 Å². The lowest BCUT2D eigenvalue weighted by atomic mass is 10.1. The molecule has 0 bridgehead atoms. The minimum atomic E-state index is 0.000000000000000222. The molecule has 0 aliphatic carbocycles. The number of hydrogen-bond donors (Lipinski definition) is 1. The largest absolute Gasteiger partial charge is 0.365 e. The normalized spacial score (nSPS) is 19.5. The molecule has 1 aliphatic rings. The van der Waals surface area contributed by atoms with Gasteiger partial charge in [-0.15, -0.1) is 0 Å². The maximum Gasteiger partial charge on any atom is 0.293 e. The van der Waals surface area contributed by atoms with Gasteiger partial charge < -0.3 is 9.88 Å². The molecule has 1 atom stereocenters. The van der Waals surface area contributed by atoms with E-state index in [-0.39, 0.29) is 5.56 Å². The molecule has 94 valence electrons. The standard InChI is InChI=1S/C12H19N3OS/c1-2-5-15-6-4-13-11(12(15)16)14-8-10-3-7-17-9-10/h4,6,10H,2-3,5,7-9H2,1H3,(H,13,14). The smallest absolute Gasteiger partial charge is 0.293 e. The first kappa shape index (κ1) is 12.5. The molecular formula is C12H19N3OS.